The van der Waals surface area contributed by atoms with Crippen LogP contribution in [-0.2, 0) is 0 Å². The van der Waals surface area contributed by atoms with Gasteiger partial charge in [0.2, 0.25) is 0 Å². The van der Waals surface area contributed by atoms with E-state index in [-0.39, 0.29) is 11.2 Å². The number of anilines is 1. The SMILES string of the molecule is CN(CCCC(C)(C)C#N)c1cccc(F)c1. The Bertz CT molecular complexity index is 407. The molecule has 17 heavy (non-hydrogen) atoms. The van der Waals surface area contributed by atoms with Gasteiger partial charge in [0.15, 0.2) is 0 Å². The summed E-state index contributed by atoms with van der Waals surface area (Å²) in [7, 11) is 1.94. The van der Waals surface area contributed by atoms with Gasteiger partial charge < -0.3 is 4.90 Å². The molecule has 92 valence electrons. The van der Waals surface area contributed by atoms with E-state index < -0.39 is 0 Å². The summed E-state index contributed by atoms with van der Waals surface area (Å²) < 4.78 is 13.0. The van der Waals surface area contributed by atoms with Crippen molar-refractivity contribution < 1.29 is 4.39 Å². The van der Waals surface area contributed by atoms with Gasteiger partial charge in [-0.1, -0.05) is 6.07 Å². The minimum absolute atomic E-state index is 0.216. The van der Waals surface area contributed by atoms with Gasteiger partial charge in [0.25, 0.3) is 0 Å². The highest BCUT2D eigenvalue weighted by Gasteiger charge is 2.16. The van der Waals surface area contributed by atoms with Gasteiger partial charge in [-0.25, -0.2) is 4.39 Å². The number of benzene rings is 1. The van der Waals surface area contributed by atoms with E-state index >= 15 is 0 Å². The lowest BCUT2D eigenvalue weighted by molar-refractivity contribution is 0.436. The average molecular weight is 234 g/mol. The number of halogens is 1. The van der Waals surface area contributed by atoms with E-state index in [1.807, 2.05) is 31.9 Å². The quantitative estimate of drug-likeness (QED) is 0.778. The van der Waals surface area contributed by atoms with Crippen molar-refractivity contribution >= 4 is 5.69 Å². The van der Waals surface area contributed by atoms with Crippen LogP contribution in [0, 0.1) is 22.6 Å². The van der Waals surface area contributed by atoms with Crippen molar-refractivity contribution in [1.82, 2.24) is 0 Å². The molecule has 0 amide bonds. The van der Waals surface area contributed by atoms with Gasteiger partial charge in [-0.15, -0.1) is 0 Å². The van der Waals surface area contributed by atoms with Gasteiger partial charge in [-0.2, -0.15) is 5.26 Å². The second-order valence-corrected chi connectivity index (χ2v) is 5.00. The number of nitrogens with zero attached hydrogens (tertiary/aromatic N) is 2. The van der Waals surface area contributed by atoms with Crippen LogP contribution in [0.5, 0.6) is 0 Å². The Morgan fingerprint density at radius 1 is 1.41 bits per heavy atom. The predicted octanol–water partition coefficient (Wildman–Crippen LogP) is 3.59. The van der Waals surface area contributed by atoms with Crippen molar-refractivity contribution in [2.24, 2.45) is 5.41 Å². The van der Waals surface area contributed by atoms with Crippen LogP contribution in [0.4, 0.5) is 10.1 Å². The van der Waals surface area contributed by atoms with Crippen molar-refractivity contribution in [3.8, 4) is 6.07 Å². The van der Waals surface area contributed by atoms with Crippen molar-refractivity contribution in [3.05, 3.63) is 30.1 Å². The molecule has 0 heterocycles. The number of hydrogen-bond donors (Lipinski definition) is 0. The molecule has 2 nitrogen and oxygen atoms in total. The Labute approximate surface area is 103 Å². The lowest BCUT2D eigenvalue weighted by Crippen LogP contribution is -2.20. The van der Waals surface area contributed by atoms with E-state index in [1.165, 1.54) is 12.1 Å². The van der Waals surface area contributed by atoms with E-state index in [1.54, 1.807) is 6.07 Å². The van der Waals surface area contributed by atoms with E-state index in [0.29, 0.717) is 0 Å². The van der Waals surface area contributed by atoms with Crippen molar-refractivity contribution in [1.29, 1.82) is 5.26 Å². The highest BCUT2D eigenvalue weighted by molar-refractivity contribution is 5.45. The van der Waals surface area contributed by atoms with Gasteiger partial charge >= 0.3 is 0 Å². The third kappa shape index (κ3) is 4.44. The molecule has 0 aliphatic rings. The van der Waals surface area contributed by atoms with Crippen LogP contribution in [0.2, 0.25) is 0 Å². The molecule has 0 N–H and O–H groups in total. The second-order valence-electron chi connectivity index (χ2n) is 5.00. The summed E-state index contributed by atoms with van der Waals surface area (Å²) in [5, 5.41) is 8.90. The molecule has 0 saturated carbocycles. The van der Waals surface area contributed by atoms with Crippen molar-refractivity contribution in [2.45, 2.75) is 26.7 Å². The molecule has 0 saturated heterocycles. The lowest BCUT2D eigenvalue weighted by Gasteiger charge is -2.21. The van der Waals surface area contributed by atoms with Crippen LogP contribution in [-0.4, -0.2) is 13.6 Å². The average Bonchev–Trinajstić information content (AvgIpc) is 2.28. The molecule has 3 heteroatoms. The molecular weight excluding hydrogens is 215 g/mol. The van der Waals surface area contributed by atoms with Crippen molar-refractivity contribution in [2.75, 3.05) is 18.5 Å². The maximum absolute atomic E-state index is 13.0. The van der Waals surface area contributed by atoms with Crippen LogP contribution >= 0.6 is 0 Å². The van der Waals surface area contributed by atoms with Crippen molar-refractivity contribution in [3.63, 3.8) is 0 Å². The molecule has 0 fully saturated rings. The van der Waals surface area contributed by atoms with Gasteiger partial charge in [-0.3, -0.25) is 0 Å². The summed E-state index contributed by atoms with van der Waals surface area (Å²) in [4.78, 5) is 2.01. The molecule has 0 aliphatic heterocycles. The number of nitriles is 1. The topological polar surface area (TPSA) is 27.0 Å². The summed E-state index contributed by atoms with van der Waals surface area (Å²) in [6.07, 6.45) is 1.77. The standard InChI is InChI=1S/C14H19FN2/c1-14(2,11-16)8-5-9-17(3)13-7-4-6-12(15)10-13/h4,6-7,10H,5,8-9H2,1-3H3. The van der Waals surface area contributed by atoms with Crippen LogP contribution in [0.3, 0.4) is 0 Å². The second kappa shape index (κ2) is 5.67. The minimum Gasteiger partial charge on any atom is -0.375 e. The Morgan fingerprint density at radius 3 is 2.71 bits per heavy atom. The molecule has 0 atom stereocenters. The van der Waals surface area contributed by atoms with E-state index in [9.17, 15) is 4.39 Å². The predicted molar refractivity (Wildman–Crippen MR) is 68.3 cm³/mol. The Balaban J connectivity index is 2.46. The molecule has 0 spiro atoms. The largest absolute Gasteiger partial charge is 0.375 e. The highest BCUT2D eigenvalue weighted by atomic mass is 19.1. The normalized spacial score (nSPS) is 11.0. The monoisotopic (exact) mass is 234 g/mol. The molecule has 0 bridgehead atoms. The first-order valence-electron chi connectivity index (χ1n) is 5.82. The first-order chi connectivity index (χ1) is 7.94. The summed E-state index contributed by atoms with van der Waals surface area (Å²) in [6, 6.07) is 8.85. The molecule has 1 aromatic rings. The minimum atomic E-state index is -0.275. The highest BCUT2D eigenvalue weighted by Crippen LogP contribution is 2.22. The van der Waals surface area contributed by atoms with E-state index in [4.69, 9.17) is 5.26 Å². The zero-order valence-electron chi connectivity index (χ0n) is 10.7. The molecule has 0 aliphatic carbocycles. The Kier molecular flexibility index (Phi) is 4.51. The molecule has 0 unspecified atom stereocenters. The van der Waals surface area contributed by atoms with E-state index in [2.05, 4.69) is 6.07 Å². The van der Waals surface area contributed by atoms with Crippen LogP contribution in [0.25, 0.3) is 0 Å². The molecule has 1 aromatic carbocycles. The maximum Gasteiger partial charge on any atom is 0.125 e. The van der Waals surface area contributed by atoms with Gasteiger partial charge in [0.05, 0.1) is 11.5 Å². The fraction of sp³-hybridized carbons (Fsp3) is 0.500. The zero-order valence-corrected chi connectivity index (χ0v) is 10.7. The number of hydrogen-bond acceptors (Lipinski definition) is 2. The smallest absolute Gasteiger partial charge is 0.125 e. The van der Waals surface area contributed by atoms with Gasteiger partial charge in [0.1, 0.15) is 5.82 Å². The third-order valence-electron chi connectivity index (χ3n) is 2.85. The molecule has 0 radical (unpaired) electrons. The Hall–Kier alpha value is -1.56. The van der Waals surface area contributed by atoms with Crippen LogP contribution < -0.4 is 4.90 Å². The summed E-state index contributed by atoms with van der Waals surface area (Å²) >= 11 is 0. The summed E-state index contributed by atoms with van der Waals surface area (Å²) in [6.45, 7) is 4.71. The van der Waals surface area contributed by atoms with Crippen LogP contribution in [0.15, 0.2) is 24.3 Å². The van der Waals surface area contributed by atoms with Crippen LogP contribution in [0.1, 0.15) is 26.7 Å². The van der Waals surface area contributed by atoms with E-state index in [0.717, 1.165) is 25.1 Å². The van der Waals surface area contributed by atoms with Gasteiger partial charge in [-0.05, 0) is 44.9 Å². The third-order valence-corrected chi connectivity index (χ3v) is 2.85. The molecular formula is C14H19FN2. The summed E-state index contributed by atoms with van der Waals surface area (Å²) in [5.41, 5.74) is 0.600. The summed E-state index contributed by atoms with van der Waals surface area (Å²) in [5.74, 6) is -0.216. The Morgan fingerprint density at radius 2 is 2.12 bits per heavy atom. The maximum atomic E-state index is 13.0. The number of rotatable bonds is 5. The zero-order chi connectivity index (χ0) is 12.9. The first kappa shape index (κ1) is 13.5. The fourth-order valence-corrected chi connectivity index (χ4v) is 1.66. The fourth-order valence-electron chi connectivity index (χ4n) is 1.66. The molecule has 0 aromatic heterocycles. The lowest BCUT2D eigenvalue weighted by atomic mass is 9.90. The van der Waals surface area contributed by atoms with Gasteiger partial charge in [0, 0.05) is 19.3 Å². The first-order valence-corrected chi connectivity index (χ1v) is 5.82. The molecule has 1 rings (SSSR count).